The van der Waals surface area contributed by atoms with Crippen LogP contribution in [0.1, 0.15) is 6.92 Å². The summed E-state index contributed by atoms with van der Waals surface area (Å²) in [5, 5.41) is 0. The van der Waals surface area contributed by atoms with Crippen molar-refractivity contribution in [1.82, 2.24) is 0 Å². The fourth-order valence-electron chi connectivity index (χ4n) is 0.554. The molecule has 54 valence electrons. The van der Waals surface area contributed by atoms with Crippen LogP contribution >= 0.6 is 0 Å². The van der Waals surface area contributed by atoms with Crippen molar-refractivity contribution in [2.24, 2.45) is 0 Å². The molecule has 0 aromatic heterocycles. The van der Waals surface area contributed by atoms with Crippen molar-refractivity contribution in [1.29, 1.82) is 0 Å². The molecule has 1 aliphatic rings. The molecule has 0 aromatic rings. The van der Waals surface area contributed by atoms with Gasteiger partial charge in [0.05, 0.1) is 19.3 Å². The van der Waals surface area contributed by atoms with Gasteiger partial charge < -0.3 is 9.47 Å². The summed E-state index contributed by atoms with van der Waals surface area (Å²) in [6.45, 7) is 3.84. The molecule has 0 N–H and O–H groups in total. The zero-order valence-corrected chi connectivity index (χ0v) is 8.09. The third kappa shape index (κ3) is 2.98. The van der Waals surface area contributed by atoms with E-state index in [-0.39, 0.29) is 0 Å². The average Bonchev–Trinajstić information content (AvgIpc) is 2.65. The quantitative estimate of drug-likeness (QED) is 0.397. The van der Waals surface area contributed by atoms with E-state index in [9.17, 15) is 0 Å². The topological polar surface area (TPSA) is 21.8 Å². The van der Waals surface area contributed by atoms with E-state index in [2.05, 4.69) is 6.92 Å². The maximum absolute atomic E-state index is 5.42. The third-order valence-corrected chi connectivity index (χ3v) is 2.69. The van der Waals surface area contributed by atoms with Crippen LogP contribution in [-0.4, -0.2) is 35.7 Å². The molecular weight excluding hydrogens is 132 g/mol. The maximum atomic E-state index is 5.42. The summed E-state index contributed by atoms with van der Waals surface area (Å²) in [7, 11) is 1.24. The molecule has 9 heavy (non-hydrogen) atoms. The zero-order valence-electron chi connectivity index (χ0n) is 6.09. The lowest BCUT2D eigenvalue weighted by Crippen LogP contribution is -2.11. The number of hydrogen-bond donors (Lipinski definition) is 0. The van der Waals surface area contributed by atoms with Gasteiger partial charge in [0.2, 0.25) is 0 Å². The highest BCUT2D eigenvalue weighted by Crippen LogP contribution is 2.10. The first-order valence-corrected chi connectivity index (χ1v) is 4.97. The minimum absolute atomic E-state index is 0.431. The first-order chi connectivity index (χ1) is 4.33. The Morgan fingerprint density at radius 2 is 2.56 bits per heavy atom. The Morgan fingerprint density at radius 1 is 1.89 bits per heavy atom. The minimum Gasteiger partial charge on any atom is -0.376 e. The molecule has 0 amide bonds. The second-order valence-corrected chi connectivity index (χ2v) is 3.32. The first kappa shape index (κ1) is 7.25. The fraction of sp³-hybridized carbons (Fsp3) is 1.00. The Kier molecular flexibility index (Phi) is 2.69. The smallest absolute Gasteiger partial charge is 0.104 e. The molecule has 3 heteroatoms. The van der Waals surface area contributed by atoms with Crippen molar-refractivity contribution >= 4 is 10.2 Å². The highest BCUT2D eigenvalue weighted by Gasteiger charge is 2.22. The molecule has 0 saturated carbocycles. The van der Waals surface area contributed by atoms with E-state index in [0.29, 0.717) is 12.2 Å². The lowest BCUT2D eigenvalue weighted by molar-refractivity contribution is 0.0666. The van der Waals surface area contributed by atoms with E-state index in [1.165, 1.54) is 16.3 Å². The molecule has 0 radical (unpaired) electrons. The van der Waals surface area contributed by atoms with Crippen molar-refractivity contribution in [2.75, 3.05) is 13.2 Å². The molecule has 1 fully saturated rings. The molecule has 1 heterocycles. The molecule has 2 nitrogen and oxygen atoms in total. The summed E-state index contributed by atoms with van der Waals surface area (Å²) in [6.07, 6.45) is 0.890. The normalized spacial score (nSPS) is 28.3. The van der Waals surface area contributed by atoms with Crippen LogP contribution in [-0.2, 0) is 9.47 Å². The van der Waals surface area contributed by atoms with Gasteiger partial charge in [-0.15, -0.1) is 0 Å². The van der Waals surface area contributed by atoms with Crippen molar-refractivity contribution < 1.29 is 9.47 Å². The highest BCUT2D eigenvalue weighted by atomic mass is 28.1. The molecule has 2 atom stereocenters. The monoisotopic (exact) mass is 146 g/mol. The number of epoxide rings is 1. The van der Waals surface area contributed by atoms with Gasteiger partial charge in [0, 0.05) is 10.2 Å². The van der Waals surface area contributed by atoms with Crippen molar-refractivity contribution in [2.45, 2.75) is 25.2 Å². The fourth-order valence-corrected chi connectivity index (χ4v) is 0.789. The Bertz CT molecular complexity index is 83.1. The summed E-state index contributed by atoms with van der Waals surface area (Å²) in [5.74, 6) is 0. The van der Waals surface area contributed by atoms with Gasteiger partial charge in [-0.25, -0.2) is 0 Å². The van der Waals surface area contributed by atoms with Gasteiger partial charge >= 0.3 is 0 Å². The van der Waals surface area contributed by atoms with E-state index in [4.69, 9.17) is 9.47 Å². The van der Waals surface area contributed by atoms with Gasteiger partial charge in [-0.3, -0.25) is 0 Å². The summed E-state index contributed by atoms with van der Waals surface area (Å²) >= 11 is 0. The molecule has 1 saturated heterocycles. The van der Waals surface area contributed by atoms with Gasteiger partial charge in [-0.2, -0.15) is 0 Å². The maximum Gasteiger partial charge on any atom is 0.104 e. The summed E-state index contributed by atoms with van der Waals surface area (Å²) in [4.78, 5) is 0. The number of hydrogen-bond acceptors (Lipinski definition) is 2. The van der Waals surface area contributed by atoms with Crippen LogP contribution in [0.4, 0.5) is 0 Å². The lowest BCUT2D eigenvalue weighted by atomic mass is 10.4. The minimum atomic E-state index is 0.431. The van der Waals surface area contributed by atoms with Crippen LogP contribution in [0.15, 0.2) is 0 Å². The highest BCUT2D eigenvalue weighted by molar-refractivity contribution is 6.08. The second-order valence-electron chi connectivity index (χ2n) is 2.51. The largest absolute Gasteiger partial charge is 0.376 e. The molecule has 0 spiro atoms. The van der Waals surface area contributed by atoms with Gasteiger partial charge in [0.1, 0.15) is 6.10 Å². The molecule has 0 aromatic carbocycles. The number of rotatable bonds is 4. The van der Waals surface area contributed by atoms with E-state index in [1.807, 2.05) is 0 Å². The Hall–Kier alpha value is 0.137. The van der Waals surface area contributed by atoms with E-state index in [0.717, 1.165) is 13.2 Å². The zero-order chi connectivity index (χ0) is 6.69. The van der Waals surface area contributed by atoms with E-state index < -0.39 is 0 Å². The molecule has 0 aliphatic carbocycles. The molecule has 1 rings (SSSR count). The summed E-state index contributed by atoms with van der Waals surface area (Å²) in [6, 6.07) is 1.23. The lowest BCUT2D eigenvalue weighted by Gasteiger charge is -2.07. The third-order valence-electron chi connectivity index (χ3n) is 1.54. The predicted octanol–water partition coefficient (Wildman–Crippen LogP) is -0.426. The second kappa shape index (κ2) is 3.34. The van der Waals surface area contributed by atoms with Crippen LogP contribution in [0, 0.1) is 0 Å². The SMILES string of the molecule is CC(C[SiH3])OCC1CO1. The molecule has 0 bridgehead atoms. The Morgan fingerprint density at radius 3 is 3.00 bits per heavy atom. The van der Waals surface area contributed by atoms with Gasteiger partial charge in [0.25, 0.3) is 0 Å². The molecule has 2 unspecified atom stereocenters. The van der Waals surface area contributed by atoms with Crippen LogP contribution in [0.5, 0.6) is 0 Å². The van der Waals surface area contributed by atoms with Gasteiger partial charge in [-0.1, -0.05) is 0 Å². The molecular formula is C6H14O2Si. The van der Waals surface area contributed by atoms with Gasteiger partial charge in [-0.05, 0) is 13.0 Å². The van der Waals surface area contributed by atoms with Crippen LogP contribution < -0.4 is 0 Å². The Labute approximate surface area is 59.0 Å². The van der Waals surface area contributed by atoms with E-state index >= 15 is 0 Å². The predicted molar refractivity (Wildman–Crippen MR) is 39.9 cm³/mol. The molecule has 1 aliphatic heterocycles. The van der Waals surface area contributed by atoms with Crippen molar-refractivity contribution in [3.05, 3.63) is 0 Å². The van der Waals surface area contributed by atoms with E-state index in [1.54, 1.807) is 0 Å². The van der Waals surface area contributed by atoms with Crippen LogP contribution in [0.2, 0.25) is 6.04 Å². The van der Waals surface area contributed by atoms with Crippen molar-refractivity contribution in [3.63, 3.8) is 0 Å². The summed E-state index contributed by atoms with van der Waals surface area (Å²) in [5.41, 5.74) is 0. The number of ether oxygens (including phenoxy) is 2. The standard InChI is InChI=1S/C6H14O2Si/c1-5(4-9)7-2-6-3-8-6/h5-6H,2-4H2,1,9H3. The Balaban J connectivity index is 1.90. The van der Waals surface area contributed by atoms with Crippen LogP contribution in [0.25, 0.3) is 0 Å². The van der Waals surface area contributed by atoms with Crippen molar-refractivity contribution in [3.8, 4) is 0 Å². The first-order valence-electron chi connectivity index (χ1n) is 3.56. The van der Waals surface area contributed by atoms with Gasteiger partial charge in [0.15, 0.2) is 0 Å². The van der Waals surface area contributed by atoms with Crippen LogP contribution in [0.3, 0.4) is 0 Å². The average molecular weight is 146 g/mol. The summed E-state index contributed by atoms with van der Waals surface area (Å²) < 4.78 is 10.4.